The molecule has 0 aliphatic carbocycles. The number of carbonyl (C=O) groups is 2. The van der Waals surface area contributed by atoms with Gasteiger partial charge in [0.1, 0.15) is 12.6 Å². The second-order valence-corrected chi connectivity index (χ2v) is 6.72. The summed E-state index contributed by atoms with van der Waals surface area (Å²) in [5.74, 6) is -0.578. The fourth-order valence-corrected chi connectivity index (χ4v) is 2.73. The average molecular weight is 425 g/mol. The predicted molar refractivity (Wildman–Crippen MR) is 110 cm³/mol. The van der Waals surface area contributed by atoms with Gasteiger partial charge in [-0.05, 0) is 19.1 Å². The van der Waals surface area contributed by atoms with Crippen LogP contribution in [0, 0.1) is 11.3 Å². The monoisotopic (exact) mass is 424 g/mol. The molecule has 2 heterocycles. The SMILES string of the molecule is C[C@@H](C#N)NC(=O)c1ccc(-c2nc(Nc3cnn(CC(N)=O)c3)ncc2Cl)cc1. The highest BCUT2D eigenvalue weighted by atomic mass is 35.5. The van der Waals surface area contributed by atoms with Gasteiger partial charge in [0.25, 0.3) is 5.91 Å². The molecule has 1 aromatic carbocycles. The van der Waals surface area contributed by atoms with E-state index in [1.165, 1.54) is 17.1 Å². The third kappa shape index (κ3) is 5.09. The Hall–Kier alpha value is -3.97. The van der Waals surface area contributed by atoms with E-state index in [1.807, 2.05) is 6.07 Å². The number of nitriles is 1. The maximum atomic E-state index is 12.1. The van der Waals surface area contributed by atoms with E-state index in [2.05, 4.69) is 25.7 Å². The lowest BCUT2D eigenvalue weighted by Crippen LogP contribution is -2.31. The van der Waals surface area contributed by atoms with E-state index in [1.54, 1.807) is 37.4 Å². The number of nitrogens with zero attached hydrogens (tertiary/aromatic N) is 5. The van der Waals surface area contributed by atoms with Gasteiger partial charge in [-0.2, -0.15) is 10.4 Å². The third-order valence-electron chi connectivity index (χ3n) is 3.91. The van der Waals surface area contributed by atoms with Crippen molar-refractivity contribution in [3.05, 3.63) is 53.4 Å². The molecule has 30 heavy (non-hydrogen) atoms. The minimum Gasteiger partial charge on any atom is -0.368 e. The number of nitrogens with two attached hydrogens (primary N) is 1. The Morgan fingerprint density at radius 2 is 2.03 bits per heavy atom. The largest absolute Gasteiger partial charge is 0.368 e. The number of nitrogens with one attached hydrogen (secondary N) is 2. The van der Waals surface area contributed by atoms with Crippen molar-refractivity contribution >= 4 is 35.1 Å². The van der Waals surface area contributed by atoms with E-state index < -0.39 is 11.9 Å². The lowest BCUT2D eigenvalue weighted by Gasteiger charge is -2.09. The van der Waals surface area contributed by atoms with Crippen LogP contribution in [0.2, 0.25) is 5.02 Å². The predicted octanol–water partition coefficient (Wildman–Crippen LogP) is 1.86. The Balaban J connectivity index is 1.78. The summed E-state index contributed by atoms with van der Waals surface area (Å²) in [6.45, 7) is 1.56. The molecule has 11 heteroatoms. The summed E-state index contributed by atoms with van der Waals surface area (Å²) < 4.78 is 1.39. The molecule has 0 spiro atoms. The minimum atomic E-state index is -0.588. The van der Waals surface area contributed by atoms with Gasteiger partial charge in [0.05, 0.1) is 34.9 Å². The van der Waals surface area contributed by atoms with E-state index >= 15 is 0 Å². The molecule has 0 aliphatic heterocycles. The number of amides is 2. The van der Waals surface area contributed by atoms with Crippen LogP contribution < -0.4 is 16.4 Å². The first kappa shape index (κ1) is 20.8. The molecule has 0 saturated heterocycles. The molecule has 0 radical (unpaired) electrons. The van der Waals surface area contributed by atoms with Crippen molar-refractivity contribution in [2.75, 3.05) is 5.32 Å². The van der Waals surface area contributed by atoms with Crippen molar-refractivity contribution in [3.63, 3.8) is 0 Å². The normalized spacial score (nSPS) is 11.4. The number of anilines is 2. The summed E-state index contributed by atoms with van der Waals surface area (Å²) in [7, 11) is 0. The highest BCUT2D eigenvalue weighted by molar-refractivity contribution is 6.32. The summed E-state index contributed by atoms with van der Waals surface area (Å²) in [5.41, 5.74) is 7.28. The smallest absolute Gasteiger partial charge is 0.252 e. The molecule has 2 amide bonds. The van der Waals surface area contributed by atoms with Crippen LogP contribution >= 0.6 is 11.6 Å². The molecule has 0 aliphatic rings. The number of carbonyl (C=O) groups excluding carboxylic acids is 2. The van der Waals surface area contributed by atoms with Gasteiger partial charge >= 0.3 is 0 Å². The molecular weight excluding hydrogens is 408 g/mol. The number of rotatable bonds is 7. The van der Waals surface area contributed by atoms with Gasteiger partial charge in [0.2, 0.25) is 11.9 Å². The number of benzene rings is 1. The van der Waals surface area contributed by atoms with E-state index in [4.69, 9.17) is 22.6 Å². The Bertz CT molecular complexity index is 1120. The molecule has 0 saturated carbocycles. The van der Waals surface area contributed by atoms with Crippen molar-refractivity contribution in [1.29, 1.82) is 5.26 Å². The van der Waals surface area contributed by atoms with Crippen LogP contribution in [0.15, 0.2) is 42.9 Å². The van der Waals surface area contributed by atoms with Gasteiger partial charge in [-0.1, -0.05) is 23.7 Å². The summed E-state index contributed by atoms with van der Waals surface area (Å²) in [6.07, 6.45) is 4.56. The number of aromatic nitrogens is 4. The Kier molecular flexibility index (Phi) is 6.24. The highest BCUT2D eigenvalue weighted by Gasteiger charge is 2.12. The van der Waals surface area contributed by atoms with Crippen LogP contribution in [-0.2, 0) is 11.3 Å². The molecule has 0 fully saturated rings. The summed E-state index contributed by atoms with van der Waals surface area (Å²) >= 11 is 6.25. The zero-order valence-corrected chi connectivity index (χ0v) is 16.6. The standard InChI is InChI=1S/C19H17ClN8O2/c1-11(6-21)25-18(30)13-4-2-12(3-5-13)17-15(20)8-23-19(27-17)26-14-7-24-28(9-14)10-16(22)29/h2-5,7-9,11H,10H2,1H3,(H2,22,29)(H,25,30)(H,23,26,27)/t11-/m0/s1. The zero-order valence-electron chi connectivity index (χ0n) is 15.8. The lowest BCUT2D eigenvalue weighted by atomic mass is 10.1. The molecular formula is C19H17ClN8O2. The van der Waals surface area contributed by atoms with E-state index in [0.29, 0.717) is 27.5 Å². The van der Waals surface area contributed by atoms with Gasteiger partial charge in [0.15, 0.2) is 0 Å². The third-order valence-corrected chi connectivity index (χ3v) is 4.19. The molecule has 3 rings (SSSR count). The molecule has 3 aromatic rings. The molecule has 4 N–H and O–H groups in total. The quantitative estimate of drug-likeness (QED) is 0.523. The minimum absolute atomic E-state index is 0.0402. The van der Waals surface area contributed by atoms with Gasteiger partial charge < -0.3 is 16.4 Å². The fourth-order valence-electron chi connectivity index (χ4n) is 2.52. The Morgan fingerprint density at radius 3 is 2.70 bits per heavy atom. The molecule has 1 atom stereocenters. The van der Waals surface area contributed by atoms with Crippen molar-refractivity contribution in [1.82, 2.24) is 25.1 Å². The first-order valence-electron chi connectivity index (χ1n) is 8.77. The summed E-state index contributed by atoms with van der Waals surface area (Å²) in [5, 5.41) is 18.7. The number of hydrogen-bond acceptors (Lipinski definition) is 7. The number of halogens is 1. The Morgan fingerprint density at radius 1 is 1.30 bits per heavy atom. The van der Waals surface area contributed by atoms with Crippen LogP contribution in [0.3, 0.4) is 0 Å². The molecule has 0 bridgehead atoms. The molecule has 10 nitrogen and oxygen atoms in total. The van der Waals surface area contributed by atoms with E-state index in [-0.39, 0.29) is 18.4 Å². The van der Waals surface area contributed by atoms with Gasteiger partial charge in [-0.25, -0.2) is 9.97 Å². The zero-order chi connectivity index (χ0) is 21.7. The second kappa shape index (κ2) is 9.02. The van der Waals surface area contributed by atoms with Crippen LogP contribution in [-0.4, -0.2) is 37.6 Å². The van der Waals surface area contributed by atoms with Crippen LogP contribution in [0.1, 0.15) is 17.3 Å². The Labute approximate surface area is 176 Å². The molecule has 152 valence electrons. The van der Waals surface area contributed by atoms with Crippen molar-refractivity contribution < 1.29 is 9.59 Å². The summed E-state index contributed by atoms with van der Waals surface area (Å²) in [4.78, 5) is 31.6. The number of hydrogen-bond donors (Lipinski definition) is 3. The van der Waals surface area contributed by atoms with Gasteiger partial charge in [-0.3, -0.25) is 14.3 Å². The van der Waals surface area contributed by atoms with Crippen molar-refractivity contribution in [2.45, 2.75) is 19.5 Å². The molecule has 2 aromatic heterocycles. The lowest BCUT2D eigenvalue weighted by molar-refractivity contribution is -0.118. The van der Waals surface area contributed by atoms with Gasteiger partial charge in [-0.15, -0.1) is 0 Å². The first-order valence-corrected chi connectivity index (χ1v) is 9.14. The number of primary amides is 1. The topological polar surface area (TPSA) is 152 Å². The second-order valence-electron chi connectivity index (χ2n) is 6.31. The van der Waals surface area contributed by atoms with Crippen molar-refractivity contribution in [3.8, 4) is 17.3 Å². The van der Waals surface area contributed by atoms with Crippen LogP contribution in [0.5, 0.6) is 0 Å². The molecule has 0 unspecified atom stereocenters. The van der Waals surface area contributed by atoms with E-state index in [0.717, 1.165) is 0 Å². The van der Waals surface area contributed by atoms with Crippen molar-refractivity contribution in [2.24, 2.45) is 5.73 Å². The van der Waals surface area contributed by atoms with Gasteiger partial charge in [0, 0.05) is 17.3 Å². The maximum Gasteiger partial charge on any atom is 0.252 e. The first-order chi connectivity index (χ1) is 14.4. The highest BCUT2D eigenvalue weighted by Crippen LogP contribution is 2.27. The summed E-state index contributed by atoms with van der Waals surface area (Å²) in [6, 6.07) is 8.00. The van der Waals surface area contributed by atoms with Crippen LogP contribution in [0.4, 0.5) is 11.6 Å². The average Bonchev–Trinajstić information content (AvgIpc) is 3.15. The van der Waals surface area contributed by atoms with Crippen LogP contribution in [0.25, 0.3) is 11.3 Å². The maximum absolute atomic E-state index is 12.1. The van der Waals surface area contributed by atoms with E-state index in [9.17, 15) is 9.59 Å². The fraction of sp³-hybridized carbons (Fsp3) is 0.158.